The lowest BCUT2D eigenvalue weighted by Crippen LogP contribution is -1.70. The van der Waals surface area contributed by atoms with Crippen LogP contribution in [0.5, 0.6) is 0 Å². The number of hydrogen-bond donors (Lipinski definition) is 0. The predicted octanol–water partition coefficient (Wildman–Crippen LogP) is 2.90. The molecule has 3 aliphatic rings. The lowest BCUT2D eigenvalue weighted by molar-refractivity contribution is 1.18. The highest BCUT2D eigenvalue weighted by molar-refractivity contribution is 8.12. The quantitative estimate of drug-likeness (QED) is 0.646. The molecule has 78 valence electrons. The van der Waals surface area contributed by atoms with E-state index < -0.39 is 0 Å². The molecule has 3 aliphatic heterocycles. The third-order valence-corrected chi connectivity index (χ3v) is 3.66. The summed E-state index contributed by atoms with van der Waals surface area (Å²) in [6, 6.07) is 0. The average molecular weight is 236 g/mol. The fourth-order valence-electron chi connectivity index (χ4n) is 1.24. The summed E-state index contributed by atoms with van der Waals surface area (Å²) in [6.07, 6.45) is 10.0. The molecule has 0 aromatic rings. The summed E-state index contributed by atoms with van der Waals surface area (Å²) >= 11 is 3.63. The van der Waals surface area contributed by atoms with E-state index in [4.69, 9.17) is 0 Å². The summed E-state index contributed by atoms with van der Waals surface area (Å²) in [7, 11) is 0. The molecule has 0 aromatic carbocycles. The second-order valence-electron chi connectivity index (χ2n) is 3.00. The number of allylic oxidation sites excluding steroid dienone is 3. The molecule has 0 aromatic heterocycles. The first-order chi connectivity index (χ1) is 7.47. The molecule has 4 heteroatoms. The van der Waals surface area contributed by atoms with Crippen LogP contribution in [0.15, 0.2) is 44.9 Å². The Morgan fingerprint density at radius 3 is 3.07 bits per heavy atom. The van der Waals surface area contributed by atoms with E-state index in [0.29, 0.717) is 0 Å². The molecule has 2 nitrogen and oxygen atoms in total. The van der Waals surface area contributed by atoms with Crippen LogP contribution >= 0.6 is 23.5 Å². The van der Waals surface area contributed by atoms with E-state index in [9.17, 15) is 0 Å². The average Bonchev–Trinajstić information content (AvgIpc) is 2.90. The lowest BCUT2D eigenvalue weighted by atomic mass is 10.2. The zero-order chi connectivity index (χ0) is 10.3. The fraction of sp³-hybridized carbons (Fsp3) is 0.273. The maximum absolute atomic E-state index is 4.08. The third-order valence-electron chi connectivity index (χ3n) is 1.95. The van der Waals surface area contributed by atoms with Gasteiger partial charge < -0.3 is 0 Å². The molecule has 0 amide bonds. The zero-order valence-electron chi connectivity index (χ0n) is 8.30. The molecule has 0 radical (unpaired) electrons. The first kappa shape index (κ1) is 10.8. The van der Waals surface area contributed by atoms with Crippen molar-refractivity contribution in [3.63, 3.8) is 0 Å². The van der Waals surface area contributed by atoms with Gasteiger partial charge in [0.1, 0.15) is 0 Å². The first-order valence-electron chi connectivity index (χ1n) is 4.80. The molecule has 0 atom stereocenters. The largest absolute Gasteiger partial charge is 0.285 e. The van der Waals surface area contributed by atoms with Crippen LogP contribution in [-0.4, -0.2) is 29.8 Å². The van der Waals surface area contributed by atoms with Crippen LogP contribution in [0.2, 0.25) is 0 Å². The van der Waals surface area contributed by atoms with E-state index >= 15 is 0 Å². The Morgan fingerprint density at radius 2 is 2.33 bits per heavy atom. The second kappa shape index (κ2) is 5.98. The molecule has 0 fully saturated rings. The molecule has 0 spiro atoms. The molecule has 3 heterocycles. The first-order valence-corrected chi connectivity index (χ1v) is 6.83. The normalized spacial score (nSPS) is 21.3. The number of thioether (sulfide) groups is 2. The van der Waals surface area contributed by atoms with E-state index in [1.807, 2.05) is 35.8 Å². The van der Waals surface area contributed by atoms with Gasteiger partial charge in [-0.15, -0.1) is 23.5 Å². The van der Waals surface area contributed by atoms with Gasteiger partial charge in [0.2, 0.25) is 0 Å². The Bertz CT molecular complexity index is 359. The van der Waals surface area contributed by atoms with E-state index in [-0.39, 0.29) is 0 Å². The summed E-state index contributed by atoms with van der Waals surface area (Å²) in [5.74, 6) is 2.29. The Labute approximate surface area is 98.3 Å². The Kier molecular flexibility index (Phi) is 4.29. The van der Waals surface area contributed by atoms with Crippen molar-refractivity contribution in [1.29, 1.82) is 0 Å². The van der Waals surface area contributed by atoms with Crippen LogP contribution in [0.1, 0.15) is 0 Å². The highest BCUT2D eigenvalue weighted by Crippen LogP contribution is 2.32. The van der Waals surface area contributed by atoms with E-state index in [2.05, 4.69) is 22.1 Å². The third kappa shape index (κ3) is 3.39. The van der Waals surface area contributed by atoms with E-state index in [1.165, 1.54) is 16.2 Å². The Hall–Kier alpha value is -0.740. The van der Waals surface area contributed by atoms with Crippen molar-refractivity contribution in [2.24, 2.45) is 9.98 Å². The highest BCUT2D eigenvalue weighted by atomic mass is 32.2. The van der Waals surface area contributed by atoms with Gasteiger partial charge in [-0.05, 0) is 11.6 Å². The van der Waals surface area contributed by atoms with Crippen molar-refractivity contribution >= 4 is 35.3 Å². The number of rotatable bonds is 0. The smallest absolute Gasteiger partial charge is 0.0542 e. The number of nitrogens with zero attached hydrogens (tertiary/aromatic N) is 2. The summed E-state index contributed by atoms with van der Waals surface area (Å²) in [5, 5.41) is 0. The molecule has 15 heavy (non-hydrogen) atoms. The van der Waals surface area contributed by atoms with Crippen molar-refractivity contribution in [2.45, 2.75) is 0 Å². The number of fused-ring (bicyclic) bond motifs is 1. The molecular formula is C11H12N2S2. The SMILES string of the molecule is C1=CC2=CCSC2=CN=C1.C1=NCCS1. The molecule has 0 aliphatic carbocycles. The monoisotopic (exact) mass is 236 g/mol. The lowest BCUT2D eigenvalue weighted by Gasteiger charge is -1.92. The molecule has 0 unspecified atom stereocenters. The van der Waals surface area contributed by atoms with Gasteiger partial charge in [-0.3, -0.25) is 9.98 Å². The predicted molar refractivity (Wildman–Crippen MR) is 72.1 cm³/mol. The fourth-order valence-corrected chi connectivity index (χ4v) is 2.66. The zero-order valence-corrected chi connectivity index (χ0v) is 9.93. The highest BCUT2D eigenvalue weighted by Gasteiger charge is 2.09. The van der Waals surface area contributed by atoms with Crippen molar-refractivity contribution in [2.75, 3.05) is 18.1 Å². The minimum absolute atomic E-state index is 1.03. The van der Waals surface area contributed by atoms with Crippen LogP contribution in [0.4, 0.5) is 0 Å². The van der Waals surface area contributed by atoms with Gasteiger partial charge in [0.15, 0.2) is 0 Å². The second-order valence-corrected chi connectivity index (χ2v) is 5.02. The molecule has 0 saturated heterocycles. The Balaban J connectivity index is 0.000000144. The molecule has 0 N–H and O–H groups in total. The Morgan fingerprint density at radius 1 is 1.33 bits per heavy atom. The van der Waals surface area contributed by atoms with Gasteiger partial charge in [-0.1, -0.05) is 12.2 Å². The van der Waals surface area contributed by atoms with Gasteiger partial charge in [-0.25, -0.2) is 0 Å². The van der Waals surface area contributed by atoms with Crippen molar-refractivity contribution in [3.05, 3.63) is 34.9 Å². The maximum atomic E-state index is 4.08. The molecular weight excluding hydrogens is 224 g/mol. The topological polar surface area (TPSA) is 24.7 Å². The number of hydrogen-bond acceptors (Lipinski definition) is 4. The maximum Gasteiger partial charge on any atom is 0.0542 e. The van der Waals surface area contributed by atoms with E-state index in [1.54, 1.807) is 11.8 Å². The van der Waals surface area contributed by atoms with Gasteiger partial charge in [0.25, 0.3) is 0 Å². The van der Waals surface area contributed by atoms with Gasteiger partial charge in [0.05, 0.1) is 5.55 Å². The summed E-state index contributed by atoms with van der Waals surface area (Å²) in [4.78, 5) is 9.30. The minimum Gasteiger partial charge on any atom is -0.285 e. The van der Waals surface area contributed by atoms with Gasteiger partial charge in [-0.2, -0.15) is 0 Å². The van der Waals surface area contributed by atoms with E-state index in [0.717, 1.165) is 12.3 Å². The van der Waals surface area contributed by atoms with Crippen molar-refractivity contribution < 1.29 is 0 Å². The summed E-state index contributed by atoms with van der Waals surface area (Å²) < 4.78 is 0. The summed E-state index contributed by atoms with van der Waals surface area (Å²) in [5.41, 5.74) is 3.22. The van der Waals surface area contributed by atoms with Crippen LogP contribution in [0.25, 0.3) is 0 Å². The molecule has 3 rings (SSSR count). The molecule has 0 bridgehead atoms. The van der Waals surface area contributed by atoms with Gasteiger partial charge >= 0.3 is 0 Å². The van der Waals surface area contributed by atoms with Crippen molar-refractivity contribution in [1.82, 2.24) is 0 Å². The molecule has 0 saturated carbocycles. The van der Waals surface area contributed by atoms with Gasteiger partial charge in [0, 0.05) is 35.4 Å². The standard InChI is InChI=1S/C8H7NS.C3H5NS/c1-2-7-3-5-10-8(7)6-9-4-1;1-2-5-3-4-1/h1-4,6H,5H2;3H,1-2H2. The van der Waals surface area contributed by atoms with Crippen molar-refractivity contribution in [3.8, 4) is 0 Å². The number of aliphatic imine (C=N–C) groups is 2. The van der Waals surface area contributed by atoms with Crippen LogP contribution in [0.3, 0.4) is 0 Å². The summed E-state index contributed by atoms with van der Waals surface area (Å²) in [6.45, 7) is 1.03. The van der Waals surface area contributed by atoms with Crippen LogP contribution in [-0.2, 0) is 0 Å². The van der Waals surface area contributed by atoms with Crippen LogP contribution < -0.4 is 0 Å². The minimum atomic E-state index is 1.03. The van der Waals surface area contributed by atoms with Crippen LogP contribution in [0, 0.1) is 0 Å².